The SMILES string of the molecule is Cc1cc([SiH](C[c-]2c(C)c(C)c(C)c2C)c2cc(C)cc([Si](C)(C)C)c2)cc([Si](C)(C)C)c1.[CH3-].[CH3-].[CH3-].[Ti+4]. The van der Waals surface area contributed by atoms with Gasteiger partial charge in [-0.2, -0.15) is 27.8 Å². The molecule has 0 aliphatic carbocycles. The maximum absolute atomic E-state index is 2.61. The summed E-state index contributed by atoms with van der Waals surface area (Å²) in [6, 6.07) is 16.4. The summed E-state index contributed by atoms with van der Waals surface area (Å²) in [4.78, 5) is 0. The molecule has 202 valence electrons. The predicted octanol–water partition coefficient (Wildman–Crippen LogP) is 6.82. The fourth-order valence-electron chi connectivity index (χ4n) is 5.13. The summed E-state index contributed by atoms with van der Waals surface area (Å²) in [6.45, 7) is 28.8. The Hall–Kier alpha value is -0.845. The van der Waals surface area contributed by atoms with Crippen molar-refractivity contribution in [1.82, 2.24) is 0 Å². The quantitative estimate of drug-likeness (QED) is 0.221. The Labute approximate surface area is 250 Å². The van der Waals surface area contributed by atoms with Gasteiger partial charge in [0.05, 0.1) is 24.9 Å². The molecule has 0 aliphatic heterocycles. The molecule has 0 saturated heterocycles. The molecule has 0 aromatic heterocycles. The zero-order chi connectivity index (χ0) is 24.9. The topological polar surface area (TPSA) is 0 Å². The van der Waals surface area contributed by atoms with Gasteiger partial charge < -0.3 is 22.3 Å². The molecule has 0 radical (unpaired) electrons. The van der Waals surface area contributed by atoms with Crippen LogP contribution in [0.2, 0.25) is 39.3 Å². The zero-order valence-electron chi connectivity index (χ0n) is 26.7. The second kappa shape index (κ2) is 14.0. The van der Waals surface area contributed by atoms with Gasteiger partial charge in [-0.25, -0.2) is 0 Å². The minimum atomic E-state index is -1.45. The first kappa shape index (κ1) is 38.3. The summed E-state index contributed by atoms with van der Waals surface area (Å²) >= 11 is 0. The van der Waals surface area contributed by atoms with E-state index in [1.54, 1.807) is 26.3 Å². The normalized spacial score (nSPS) is 11.3. The second-order valence-corrected chi connectivity index (χ2v) is 25.5. The van der Waals surface area contributed by atoms with E-state index >= 15 is 0 Å². The van der Waals surface area contributed by atoms with Gasteiger partial charge in [0.1, 0.15) is 0 Å². The molecule has 0 heterocycles. The van der Waals surface area contributed by atoms with E-state index in [2.05, 4.69) is 117 Å². The maximum atomic E-state index is 2.61. The molecular formula is C33H54Si3Ti. The van der Waals surface area contributed by atoms with Gasteiger partial charge in [0, 0.05) is 0 Å². The van der Waals surface area contributed by atoms with Crippen LogP contribution in [0.4, 0.5) is 0 Å². The van der Waals surface area contributed by atoms with Crippen molar-refractivity contribution >= 4 is 45.7 Å². The van der Waals surface area contributed by atoms with E-state index in [-0.39, 0.29) is 44.0 Å². The largest absolute Gasteiger partial charge is 4.00 e. The molecule has 0 fully saturated rings. The van der Waals surface area contributed by atoms with Gasteiger partial charge in [0.2, 0.25) is 0 Å². The summed E-state index contributed by atoms with van der Waals surface area (Å²) in [5.74, 6) is 0. The fraction of sp³-hybridized carbons (Fsp3) is 0.394. The molecule has 0 unspecified atom stereocenters. The average molecular weight is 583 g/mol. The number of hydrogen-bond donors (Lipinski definition) is 0. The molecule has 37 heavy (non-hydrogen) atoms. The molecule has 0 saturated carbocycles. The van der Waals surface area contributed by atoms with Crippen LogP contribution in [0, 0.1) is 63.8 Å². The third-order valence-electron chi connectivity index (χ3n) is 7.74. The average Bonchev–Trinajstić information content (AvgIpc) is 2.87. The third kappa shape index (κ3) is 8.57. The molecule has 0 aliphatic rings. The van der Waals surface area contributed by atoms with E-state index in [9.17, 15) is 0 Å². The minimum absolute atomic E-state index is 0. The molecule has 4 heteroatoms. The molecule has 3 aromatic carbocycles. The Morgan fingerprint density at radius 2 is 0.892 bits per heavy atom. The second-order valence-electron chi connectivity index (χ2n) is 12.5. The van der Waals surface area contributed by atoms with E-state index < -0.39 is 24.9 Å². The molecule has 0 nitrogen and oxygen atoms in total. The molecule has 0 N–H and O–H groups in total. The Morgan fingerprint density at radius 1 is 0.568 bits per heavy atom. The van der Waals surface area contributed by atoms with Crippen molar-refractivity contribution in [2.75, 3.05) is 0 Å². The molecule has 3 aromatic rings. The summed E-state index contributed by atoms with van der Waals surface area (Å²) in [6.07, 6.45) is 0. The van der Waals surface area contributed by atoms with E-state index in [1.165, 1.54) is 39.4 Å². The van der Waals surface area contributed by atoms with Crippen LogP contribution in [0.1, 0.15) is 38.9 Å². The van der Waals surface area contributed by atoms with Crippen molar-refractivity contribution in [1.29, 1.82) is 0 Å². The third-order valence-corrected chi connectivity index (χ3v) is 14.9. The molecule has 0 spiro atoms. The van der Waals surface area contributed by atoms with E-state index in [1.807, 2.05) is 0 Å². The molecule has 0 atom stereocenters. The van der Waals surface area contributed by atoms with Crippen LogP contribution in [-0.2, 0) is 27.8 Å². The van der Waals surface area contributed by atoms with Crippen LogP contribution in [0.15, 0.2) is 36.4 Å². The van der Waals surface area contributed by atoms with Gasteiger partial charge in [-0.1, -0.05) is 141 Å². The number of rotatable bonds is 6. The van der Waals surface area contributed by atoms with Crippen molar-refractivity contribution in [3.8, 4) is 0 Å². The maximum Gasteiger partial charge on any atom is 4.00 e. The molecule has 3 rings (SSSR count). The first-order valence-electron chi connectivity index (χ1n) is 12.6. The van der Waals surface area contributed by atoms with Gasteiger partial charge in [0.25, 0.3) is 0 Å². The van der Waals surface area contributed by atoms with Crippen LogP contribution in [0.25, 0.3) is 0 Å². The van der Waals surface area contributed by atoms with Gasteiger partial charge in [-0.05, 0) is 13.8 Å². The smallest absolute Gasteiger partial charge is 0.358 e. The first-order chi connectivity index (χ1) is 15.1. The fourth-order valence-corrected chi connectivity index (χ4v) is 11.5. The van der Waals surface area contributed by atoms with Gasteiger partial charge >= 0.3 is 21.7 Å². The Bertz CT molecular complexity index is 1080. The number of benzene rings is 2. The first-order valence-corrected chi connectivity index (χ1v) is 21.5. The van der Waals surface area contributed by atoms with Crippen molar-refractivity contribution in [3.05, 3.63) is 97.6 Å². The molecular weight excluding hydrogens is 528 g/mol. The standard InChI is InChI=1S/C30H45Si3.3CH3.Ti/c1-20-13-26(17-28(15-20)32(7,8)9)31(19-30-24(5)22(3)23(4)25(30)6)27-14-21(2)16-29(18-27)33(10,11)12;;;;/h13-18,31H,19H2,1-12H3;3*1H3;/q4*-1;+4. The Balaban J connectivity index is 0. The van der Waals surface area contributed by atoms with Crippen LogP contribution < -0.4 is 20.7 Å². The summed E-state index contributed by atoms with van der Waals surface area (Å²) in [5.41, 5.74) is 10.5. The summed E-state index contributed by atoms with van der Waals surface area (Å²) in [7, 11) is -4.22. The minimum Gasteiger partial charge on any atom is -0.358 e. The van der Waals surface area contributed by atoms with Crippen molar-refractivity contribution in [2.24, 2.45) is 0 Å². The van der Waals surface area contributed by atoms with Crippen molar-refractivity contribution < 1.29 is 21.7 Å². The summed E-state index contributed by atoms with van der Waals surface area (Å²) in [5, 5.41) is 6.48. The number of hydrogen-bond acceptors (Lipinski definition) is 0. The van der Waals surface area contributed by atoms with E-state index in [0.717, 1.165) is 0 Å². The predicted molar refractivity (Wildman–Crippen MR) is 179 cm³/mol. The van der Waals surface area contributed by atoms with E-state index in [4.69, 9.17) is 0 Å². The van der Waals surface area contributed by atoms with Crippen LogP contribution in [-0.4, -0.2) is 24.9 Å². The van der Waals surface area contributed by atoms with Crippen LogP contribution >= 0.6 is 0 Å². The summed E-state index contributed by atoms with van der Waals surface area (Å²) < 4.78 is 0. The van der Waals surface area contributed by atoms with Crippen LogP contribution in [0.3, 0.4) is 0 Å². The zero-order valence-corrected chi connectivity index (χ0v) is 31.5. The molecule has 0 amide bonds. The molecule has 0 bridgehead atoms. The van der Waals surface area contributed by atoms with Gasteiger partial charge in [0.15, 0.2) is 0 Å². The van der Waals surface area contributed by atoms with Crippen LogP contribution in [0.5, 0.6) is 0 Å². The van der Waals surface area contributed by atoms with Gasteiger partial charge in [-0.3, -0.25) is 0 Å². The van der Waals surface area contributed by atoms with Crippen molar-refractivity contribution in [2.45, 2.75) is 86.9 Å². The Morgan fingerprint density at radius 3 is 1.19 bits per heavy atom. The Kier molecular flexibility index (Phi) is 14.5. The number of aryl methyl sites for hydroxylation is 2. The monoisotopic (exact) mass is 582 g/mol. The van der Waals surface area contributed by atoms with E-state index in [0.29, 0.717) is 0 Å². The van der Waals surface area contributed by atoms with Crippen molar-refractivity contribution in [3.63, 3.8) is 0 Å². The van der Waals surface area contributed by atoms with Gasteiger partial charge in [-0.15, -0.1) is 0 Å².